The summed E-state index contributed by atoms with van der Waals surface area (Å²) in [5.74, 6) is 0.253. The third kappa shape index (κ3) is 3.96. The van der Waals surface area contributed by atoms with Crippen molar-refractivity contribution in [3.63, 3.8) is 0 Å². The van der Waals surface area contributed by atoms with Crippen LogP contribution in [0.1, 0.15) is 25.3 Å². The third-order valence-electron chi connectivity index (χ3n) is 3.62. The maximum absolute atomic E-state index is 12.1. The molecule has 1 saturated heterocycles. The second-order valence-corrected chi connectivity index (χ2v) is 5.14. The maximum Gasteiger partial charge on any atom is 0.236 e. The van der Waals surface area contributed by atoms with Gasteiger partial charge in [-0.3, -0.25) is 9.69 Å². The molecule has 1 aromatic carbocycles. The summed E-state index contributed by atoms with van der Waals surface area (Å²) in [6.45, 7) is 6.09. The highest BCUT2D eigenvalue weighted by atomic mass is 16.2. The summed E-state index contributed by atoms with van der Waals surface area (Å²) in [4.78, 5) is 16.3. The van der Waals surface area contributed by atoms with Gasteiger partial charge in [-0.1, -0.05) is 19.1 Å². The lowest BCUT2D eigenvalue weighted by atomic mass is 10.2. The predicted molar refractivity (Wildman–Crippen MR) is 77.6 cm³/mol. The van der Waals surface area contributed by atoms with Crippen LogP contribution in [0.4, 0.5) is 5.69 Å². The number of nitrogens with zero attached hydrogens (tertiary/aromatic N) is 2. The molecule has 4 nitrogen and oxygen atoms in total. The quantitative estimate of drug-likeness (QED) is 0.821. The Kier molecular flexibility index (Phi) is 4.80. The zero-order valence-electron chi connectivity index (χ0n) is 11.6. The number of hydrogen-bond acceptors (Lipinski definition) is 3. The number of anilines is 1. The Hall–Kier alpha value is -1.55. The normalized spacial score (nSPS) is 15.2. The minimum absolute atomic E-state index is 0.253. The molecule has 0 aliphatic carbocycles. The molecule has 0 bridgehead atoms. The fourth-order valence-electron chi connectivity index (χ4n) is 2.49. The van der Waals surface area contributed by atoms with E-state index in [-0.39, 0.29) is 5.91 Å². The van der Waals surface area contributed by atoms with E-state index in [0.717, 1.165) is 50.3 Å². The van der Waals surface area contributed by atoms with Crippen LogP contribution < -0.4 is 5.73 Å². The van der Waals surface area contributed by atoms with Crippen LogP contribution in [0.5, 0.6) is 0 Å². The molecule has 0 radical (unpaired) electrons. The zero-order chi connectivity index (χ0) is 13.7. The number of nitrogen functional groups attached to an aromatic ring is 1. The molecule has 0 aromatic heterocycles. The van der Waals surface area contributed by atoms with Gasteiger partial charge in [0.15, 0.2) is 0 Å². The van der Waals surface area contributed by atoms with Crippen LogP contribution in [-0.2, 0) is 11.3 Å². The van der Waals surface area contributed by atoms with Crippen LogP contribution in [0, 0.1) is 0 Å². The van der Waals surface area contributed by atoms with Gasteiger partial charge in [0.1, 0.15) is 0 Å². The highest BCUT2D eigenvalue weighted by Crippen LogP contribution is 2.11. The lowest BCUT2D eigenvalue weighted by Gasteiger charge is -2.23. The van der Waals surface area contributed by atoms with Gasteiger partial charge in [-0.25, -0.2) is 0 Å². The molecule has 104 valence electrons. The van der Waals surface area contributed by atoms with Crippen LogP contribution in [0.2, 0.25) is 0 Å². The number of likely N-dealkylation sites (tertiary alicyclic amines) is 1. The number of carbonyl (C=O) groups is 1. The van der Waals surface area contributed by atoms with Crippen molar-refractivity contribution < 1.29 is 4.79 Å². The van der Waals surface area contributed by atoms with E-state index >= 15 is 0 Å². The average Bonchev–Trinajstić information content (AvgIpc) is 2.92. The molecule has 1 aromatic rings. The molecule has 1 aliphatic rings. The highest BCUT2D eigenvalue weighted by Gasteiger charge is 2.19. The van der Waals surface area contributed by atoms with Crippen molar-refractivity contribution in [3.05, 3.63) is 29.8 Å². The Morgan fingerprint density at radius 1 is 1.37 bits per heavy atom. The van der Waals surface area contributed by atoms with Crippen molar-refractivity contribution in [1.82, 2.24) is 9.80 Å². The molecular weight excluding hydrogens is 238 g/mol. The summed E-state index contributed by atoms with van der Waals surface area (Å²) in [6, 6.07) is 7.87. The smallest absolute Gasteiger partial charge is 0.236 e. The van der Waals surface area contributed by atoms with E-state index in [2.05, 4.69) is 17.9 Å². The molecule has 1 fully saturated rings. The Bertz CT molecular complexity index is 427. The third-order valence-corrected chi connectivity index (χ3v) is 3.62. The number of carbonyl (C=O) groups excluding carboxylic acids is 1. The average molecular weight is 261 g/mol. The van der Waals surface area contributed by atoms with Gasteiger partial charge in [-0.15, -0.1) is 0 Å². The van der Waals surface area contributed by atoms with E-state index in [1.165, 1.54) is 0 Å². The van der Waals surface area contributed by atoms with E-state index in [9.17, 15) is 4.79 Å². The number of likely N-dealkylation sites (N-methyl/N-ethyl adjacent to an activating group) is 1. The molecule has 2 N–H and O–H groups in total. The second-order valence-electron chi connectivity index (χ2n) is 5.14. The van der Waals surface area contributed by atoms with E-state index in [0.29, 0.717) is 6.54 Å². The molecule has 19 heavy (non-hydrogen) atoms. The molecule has 0 unspecified atom stereocenters. The molecule has 1 heterocycles. The summed E-state index contributed by atoms with van der Waals surface area (Å²) >= 11 is 0. The Labute approximate surface area is 115 Å². The van der Waals surface area contributed by atoms with Crippen molar-refractivity contribution in [2.45, 2.75) is 26.3 Å². The number of amides is 1. The molecule has 2 rings (SSSR count). The van der Waals surface area contributed by atoms with Gasteiger partial charge >= 0.3 is 0 Å². The Morgan fingerprint density at radius 3 is 2.74 bits per heavy atom. The van der Waals surface area contributed by atoms with Crippen molar-refractivity contribution in [2.75, 3.05) is 31.9 Å². The topological polar surface area (TPSA) is 49.6 Å². The van der Waals surface area contributed by atoms with Crippen LogP contribution in [0.25, 0.3) is 0 Å². The van der Waals surface area contributed by atoms with Crippen LogP contribution >= 0.6 is 0 Å². The van der Waals surface area contributed by atoms with Gasteiger partial charge in [-0.2, -0.15) is 0 Å². The fraction of sp³-hybridized carbons (Fsp3) is 0.533. The fourth-order valence-corrected chi connectivity index (χ4v) is 2.49. The molecule has 1 aliphatic heterocycles. The first-order valence-corrected chi connectivity index (χ1v) is 7.03. The molecule has 0 spiro atoms. The van der Waals surface area contributed by atoms with Crippen molar-refractivity contribution in [1.29, 1.82) is 0 Å². The molecule has 4 heteroatoms. The van der Waals surface area contributed by atoms with E-state index < -0.39 is 0 Å². The van der Waals surface area contributed by atoms with E-state index in [4.69, 9.17) is 5.73 Å². The number of benzene rings is 1. The van der Waals surface area contributed by atoms with Crippen molar-refractivity contribution in [3.8, 4) is 0 Å². The number of hydrogen-bond donors (Lipinski definition) is 1. The summed E-state index contributed by atoms with van der Waals surface area (Å²) in [5, 5.41) is 0. The van der Waals surface area contributed by atoms with Crippen LogP contribution in [0.15, 0.2) is 24.3 Å². The highest BCUT2D eigenvalue weighted by molar-refractivity contribution is 5.78. The number of nitrogens with two attached hydrogens (primary N) is 1. The van der Waals surface area contributed by atoms with Crippen molar-refractivity contribution in [2.24, 2.45) is 0 Å². The summed E-state index contributed by atoms with van der Waals surface area (Å²) in [5.41, 5.74) is 7.72. The predicted octanol–water partition coefficient (Wildman–Crippen LogP) is 1.71. The van der Waals surface area contributed by atoms with Gasteiger partial charge < -0.3 is 10.6 Å². The van der Waals surface area contributed by atoms with Gasteiger partial charge in [0.05, 0.1) is 6.54 Å². The van der Waals surface area contributed by atoms with Crippen molar-refractivity contribution >= 4 is 11.6 Å². The summed E-state index contributed by atoms with van der Waals surface area (Å²) < 4.78 is 0. The van der Waals surface area contributed by atoms with Gasteiger partial charge in [0, 0.05) is 25.3 Å². The standard InChI is InChI=1S/C15H23N3O/c1-2-17(11-13-6-5-7-14(16)10-13)12-15(19)18-8-3-4-9-18/h5-7,10H,2-4,8-9,11-12,16H2,1H3. The Balaban J connectivity index is 1.90. The second kappa shape index (κ2) is 6.57. The zero-order valence-corrected chi connectivity index (χ0v) is 11.6. The lowest BCUT2D eigenvalue weighted by Crippen LogP contribution is -2.38. The maximum atomic E-state index is 12.1. The molecular formula is C15H23N3O. The summed E-state index contributed by atoms with van der Waals surface area (Å²) in [6.07, 6.45) is 2.29. The first-order valence-electron chi connectivity index (χ1n) is 7.03. The van der Waals surface area contributed by atoms with Crippen LogP contribution in [0.3, 0.4) is 0 Å². The SMILES string of the molecule is CCN(CC(=O)N1CCCC1)Cc1cccc(N)c1. The van der Waals surface area contributed by atoms with Gasteiger partial charge in [0.2, 0.25) is 5.91 Å². The molecule has 1 amide bonds. The van der Waals surface area contributed by atoms with E-state index in [1.807, 2.05) is 23.1 Å². The molecule has 0 atom stereocenters. The first-order chi connectivity index (χ1) is 9.19. The summed E-state index contributed by atoms with van der Waals surface area (Å²) in [7, 11) is 0. The lowest BCUT2D eigenvalue weighted by molar-refractivity contribution is -0.131. The monoisotopic (exact) mass is 261 g/mol. The molecule has 0 saturated carbocycles. The van der Waals surface area contributed by atoms with Gasteiger partial charge in [-0.05, 0) is 37.1 Å². The van der Waals surface area contributed by atoms with E-state index in [1.54, 1.807) is 0 Å². The van der Waals surface area contributed by atoms with Crippen LogP contribution in [-0.4, -0.2) is 41.9 Å². The number of rotatable bonds is 5. The minimum Gasteiger partial charge on any atom is -0.399 e. The van der Waals surface area contributed by atoms with Gasteiger partial charge in [0.25, 0.3) is 0 Å². The first kappa shape index (κ1) is 13.9. The Morgan fingerprint density at radius 2 is 2.11 bits per heavy atom. The largest absolute Gasteiger partial charge is 0.399 e. The minimum atomic E-state index is 0.253.